The molecule has 2 aromatic rings. The summed E-state index contributed by atoms with van der Waals surface area (Å²) in [6.45, 7) is 6.92. The molecule has 0 aromatic heterocycles. The van der Waals surface area contributed by atoms with Gasteiger partial charge in [-0.05, 0) is 55.4 Å². The van der Waals surface area contributed by atoms with Crippen molar-refractivity contribution in [1.82, 2.24) is 14.7 Å². The number of anilines is 1. The minimum absolute atomic E-state index is 0.0979. The summed E-state index contributed by atoms with van der Waals surface area (Å²) in [4.78, 5) is 19.7. The van der Waals surface area contributed by atoms with Crippen LogP contribution >= 0.6 is 23.2 Å². The molecule has 0 unspecified atom stereocenters. The minimum Gasteiger partial charge on any atom is -0.374 e. The Balaban J connectivity index is 1.04. The number of halogens is 2. The zero-order chi connectivity index (χ0) is 24.9. The maximum absolute atomic E-state index is 12.7. The number of rotatable bonds is 5. The number of piperazine rings is 1. The van der Waals surface area contributed by atoms with Crippen molar-refractivity contribution in [1.29, 1.82) is 0 Å². The quantitative estimate of drug-likeness (QED) is 0.548. The van der Waals surface area contributed by atoms with Gasteiger partial charge in [-0.25, -0.2) is 4.79 Å². The number of nitrogens with one attached hydrogen (secondary N) is 1. The highest BCUT2D eigenvalue weighted by Gasteiger charge is 2.32. The van der Waals surface area contributed by atoms with E-state index in [4.69, 9.17) is 27.9 Å². The number of hydrogen-bond donors (Lipinski definition) is 1. The van der Waals surface area contributed by atoms with Crippen LogP contribution in [0.15, 0.2) is 48.5 Å². The molecular formula is C28H36Cl2N4O2. The predicted molar refractivity (Wildman–Crippen MR) is 146 cm³/mol. The SMILES string of the molecule is O=C(Nc1ccc(Cl)c(Cl)c1)N1CCN(C[C@H]2CN(C3CCC(c4ccccc4)CC3)CCO2)CC1. The summed E-state index contributed by atoms with van der Waals surface area (Å²) >= 11 is 12.0. The van der Waals surface area contributed by atoms with E-state index in [1.54, 1.807) is 18.2 Å². The number of amides is 2. The average Bonchev–Trinajstić information content (AvgIpc) is 2.92. The molecule has 2 aromatic carbocycles. The van der Waals surface area contributed by atoms with Crippen LogP contribution in [-0.4, -0.2) is 85.3 Å². The fourth-order valence-corrected chi connectivity index (χ4v) is 6.18. The Morgan fingerprint density at radius 3 is 2.39 bits per heavy atom. The van der Waals surface area contributed by atoms with Gasteiger partial charge >= 0.3 is 6.03 Å². The molecule has 1 saturated carbocycles. The molecule has 3 fully saturated rings. The number of morpholine rings is 1. The fourth-order valence-electron chi connectivity index (χ4n) is 5.88. The van der Waals surface area contributed by atoms with Crippen LogP contribution in [-0.2, 0) is 4.74 Å². The molecule has 0 radical (unpaired) electrons. The molecule has 2 aliphatic heterocycles. The minimum atomic E-state index is -0.0979. The lowest BCUT2D eigenvalue weighted by Gasteiger charge is -2.43. The summed E-state index contributed by atoms with van der Waals surface area (Å²) in [5.74, 6) is 0.712. The van der Waals surface area contributed by atoms with Gasteiger partial charge in [-0.1, -0.05) is 53.5 Å². The van der Waals surface area contributed by atoms with Crippen LogP contribution in [0.5, 0.6) is 0 Å². The van der Waals surface area contributed by atoms with Gasteiger partial charge in [0, 0.05) is 57.5 Å². The Labute approximate surface area is 224 Å². The highest BCUT2D eigenvalue weighted by Crippen LogP contribution is 2.35. The van der Waals surface area contributed by atoms with Crippen LogP contribution in [0.4, 0.5) is 10.5 Å². The number of carbonyl (C=O) groups excluding carboxylic acids is 1. The average molecular weight is 532 g/mol. The molecule has 0 spiro atoms. The lowest BCUT2D eigenvalue weighted by molar-refractivity contribution is -0.0635. The fraction of sp³-hybridized carbons (Fsp3) is 0.536. The van der Waals surface area contributed by atoms with Crippen molar-refractivity contribution >= 4 is 34.9 Å². The topological polar surface area (TPSA) is 48.1 Å². The maximum atomic E-state index is 12.7. The molecule has 36 heavy (non-hydrogen) atoms. The van der Waals surface area contributed by atoms with E-state index in [1.807, 2.05) is 4.90 Å². The second kappa shape index (κ2) is 12.1. The van der Waals surface area contributed by atoms with Gasteiger partial charge in [-0.3, -0.25) is 9.80 Å². The highest BCUT2D eigenvalue weighted by molar-refractivity contribution is 6.42. The largest absolute Gasteiger partial charge is 0.374 e. The maximum Gasteiger partial charge on any atom is 0.321 e. The van der Waals surface area contributed by atoms with Crippen molar-refractivity contribution in [3.63, 3.8) is 0 Å². The zero-order valence-corrected chi connectivity index (χ0v) is 22.3. The third-order valence-electron chi connectivity index (χ3n) is 7.95. The number of carbonyl (C=O) groups is 1. The molecule has 1 N–H and O–H groups in total. The third-order valence-corrected chi connectivity index (χ3v) is 8.69. The molecule has 194 valence electrons. The molecule has 1 atom stereocenters. The van der Waals surface area contributed by atoms with Crippen LogP contribution in [0.1, 0.15) is 37.2 Å². The van der Waals surface area contributed by atoms with E-state index in [-0.39, 0.29) is 12.1 Å². The van der Waals surface area contributed by atoms with E-state index in [1.165, 1.54) is 31.2 Å². The first kappa shape index (κ1) is 25.8. The van der Waals surface area contributed by atoms with E-state index < -0.39 is 0 Å². The monoisotopic (exact) mass is 530 g/mol. The van der Waals surface area contributed by atoms with E-state index >= 15 is 0 Å². The summed E-state index contributed by atoms with van der Waals surface area (Å²) in [6.07, 6.45) is 5.35. The van der Waals surface area contributed by atoms with Gasteiger partial charge < -0.3 is 15.0 Å². The molecule has 3 aliphatic rings. The second-order valence-electron chi connectivity index (χ2n) is 10.3. The molecule has 2 amide bonds. The van der Waals surface area contributed by atoms with Crippen LogP contribution in [0.3, 0.4) is 0 Å². The molecule has 6 nitrogen and oxygen atoms in total. The number of ether oxygens (including phenoxy) is 1. The van der Waals surface area contributed by atoms with E-state index in [0.717, 1.165) is 39.3 Å². The standard InChI is InChI=1S/C28H36Cl2N4O2/c29-26-11-8-23(18-27(26)30)31-28(35)33-14-12-32(13-15-33)19-25-20-34(16-17-36-25)24-9-6-22(7-10-24)21-4-2-1-3-5-21/h1-5,8,11,18,22,24-25H,6-7,9-10,12-17,19-20H2,(H,31,35)/t22?,24?,25-/m0/s1. The van der Waals surface area contributed by atoms with E-state index in [2.05, 4.69) is 45.4 Å². The summed E-state index contributed by atoms with van der Waals surface area (Å²) in [7, 11) is 0. The van der Waals surface area contributed by atoms with Crippen LogP contribution in [0.2, 0.25) is 10.0 Å². The summed E-state index contributed by atoms with van der Waals surface area (Å²) in [6, 6.07) is 16.7. The lowest BCUT2D eigenvalue weighted by atomic mass is 9.81. The molecule has 1 aliphatic carbocycles. The number of nitrogens with zero attached hydrogens (tertiary/aromatic N) is 3. The van der Waals surface area contributed by atoms with Gasteiger partial charge in [-0.15, -0.1) is 0 Å². The smallest absolute Gasteiger partial charge is 0.321 e. The molecule has 2 heterocycles. The highest BCUT2D eigenvalue weighted by atomic mass is 35.5. The van der Waals surface area contributed by atoms with Crippen LogP contribution in [0, 0.1) is 0 Å². The van der Waals surface area contributed by atoms with Crippen LogP contribution < -0.4 is 5.32 Å². The Morgan fingerprint density at radius 1 is 0.917 bits per heavy atom. The van der Waals surface area contributed by atoms with Crippen LogP contribution in [0.25, 0.3) is 0 Å². The molecular weight excluding hydrogens is 495 g/mol. The normalized spacial score (nSPS) is 26.1. The second-order valence-corrected chi connectivity index (χ2v) is 11.1. The van der Waals surface area contributed by atoms with Crippen molar-refractivity contribution in [3.05, 3.63) is 64.1 Å². The van der Waals surface area contributed by atoms with Crippen molar-refractivity contribution in [3.8, 4) is 0 Å². The molecule has 2 saturated heterocycles. The molecule has 0 bridgehead atoms. The third kappa shape index (κ3) is 6.53. The van der Waals surface area contributed by atoms with Gasteiger partial charge in [0.15, 0.2) is 0 Å². The zero-order valence-electron chi connectivity index (χ0n) is 20.8. The van der Waals surface area contributed by atoms with Crippen molar-refractivity contribution in [2.45, 2.75) is 43.7 Å². The van der Waals surface area contributed by atoms with Gasteiger partial charge in [0.2, 0.25) is 0 Å². The number of urea groups is 1. The van der Waals surface area contributed by atoms with E-state index in [9.17, 15) is 4.79 Å². The summed E-state index contributed by atoms with van der Waals surface area (Å²) in [5, 5.41) is 3.84. The lowest BCUT2D eigenvalue weighted by Crippen LogP contribution is -2.55. The number of hydrogen-bond acceptors (Lipinski definition) is 4. The Kier molecular flexibility index (Phi) is 8.70. The summed E-state index contributed by atoms with van der Waals surface area (Å²) < 4.78 is 6.17. The van der Waals surface area contributed by atoms with Crippen molar-refractivity contribution in [2.24, 2.45) is 0 Å². The Morgan fingerprint density at radius 2 is 1.67 bits per heavy atom. The number of benzene rings is 2. The van der Waals surface area contributed by atoms with Crippen molar-refractivity contribution < 1.29 is 9.53 Å². The Bertz CT molecular complexity index is 1010. The first-order valence-electron chi connectivity index (χ1n) is 13.2. The summed E-state index contributed by atoms with van der Waals surface area (Å²) in [5.41, 5.74) is 2.16. The van der Waals surface area contributed by atoms with Gasteiger partial charge in [0.25, 0.3) is 0 Å². The predicted octanol–water partition coefficient (Wildman–Crippen LogP) is 5.57. The molecule has 5 rings (SSSR count). The first-order valence-corrected chi connectivity index (χ1v) is 13.9. The Hall–Kier alpha value is -1.83. The van der Waals surface area contributed by atoms with Gasteiger partial charge in [0.05, 0.1) is 22.8 Å². The van der Waals surface area contributed by atoms with Gasteiger partial charge in [-0.2, -0.15) is 0 Å². The van der Waals surface area contributed by atoms with Gasteiger partial charge in [0.1, 0.15) is 0 Å². The van der Waals surface area contributed by atoms with E-state index in [0.29, 0.717) is 40.8 Å². The molecule has 8 heteroatoms. The van der Waals surface area contributed by atoms with Crippen molar-refractivity contribution in [2.75, 3.05) is 57.7 Å². The first-order chi connectivity index (χ1) is 17.5.